The van der Waals surface area contributed by atoms with Gasteiger partial charge in [-0.2, -0.15) is 0 Å². The number of benzene rings is 3. The van der Waals surface area contributed by atoms with Crippen molar-refractivity contribution in [2.45, 2.75) is 0 Å². The first kappa shape index (κ1) is 25.6. The maximum absolute atomic E-state index is 12.8. The average molecular weight is 543 g/mol. The molecule has 1 N–H and O–H groups in total. The molecule has 1 aliphatic heterocycles. The molecule has 0 unspecified atom stereocenters. The van der Waals surface area contributed by atoms with Gasteiger partial charge < -0.3 is 14.8 Å². The molecule has 3 amide bonds. The topological polar surface area (TPSA) is 84.9 Å². The largest absolute Gasteiger partial charge is 0.490 e. The molecule has 4 rings (SSSR count). The summed E-state index contributed by atoms with van der Waals surface area (Å²) in [5.74, 6) is 0.149. The summed E-state index contributed by atoms with van der Waals surface area (Å²) in [5, 5.41) is 3.19. The van der Waals surface area contributed by atoms with Crippen molar-refractivity contribution in [1.82, 2.24) is 4.90 Å². The first-order chi connectivity index (χ1) is 17.4. The summed E-state index contributed by atoms with van der Waals surface area (Å²) in [5.41, 5.74) is 1.14. The van der Waals surface area contributed by atoms with E-state index < -0.39 is 5.91 Å². The summed E-state index contributed by atoms with van der Waals surface area (Å²) in [6.45, 7) is -0.0117. The van der Waals surface area contributed by atoms with Crippen LogP contribution in [0.25, 0.3) is 6.08 Å². The summed E-state index contributed by atoms with van der Waals surface area (Å²) < 4.78 is 11.2. The zero-order chi connectivity index (χ0) is 25.5. The number of ether oxygens (including phenoxy) is 2. The number of rotatable bonds is 9. The summed E-state index contributed by atoms with van der Waals surface area (Å²) in [6.07, 6.45) is 1.61. The van der Waals surface area contributed by atoms with E-state index in [1.54, 1.807) is 78.9 Å². The molecule has 0 aliphatic carbocycles. The van der Waals surface area contributed by atoms with Gasteiger partial charge in [-0.25, -0.2) is 0 Å². The molecule has 1 fully saturated rings. The Morgan fingerprint density at radius 2 is 1.69 bits per heavy atom. The fourth-order valence-corrected chi connectivity index (χ4v) is 4.48. The molecule has 1 saturated heterocycles. The van der Waals surface area contributed by atoms with Crippen molar-refractivity contribution >= 4 is 63.8 Å². The molecular formula is C26H20Cl2N2O5S. The third-order valence-corrected chi connectivity index (χ3v) is 6.51. The number of anilines is 1. The number of hydrogen-bond acceptors (Lipinski definition) is 6. The molecule has 0 radical (unpaired) electrons. The summed E-state index contributed by atoms with van der Waals surface area (Å²) in [7, 11) is 0. The lowest BCUT2D eigenvalue weighted by atomic mass is 10.2. The van der Waals surface area contributed by atoms with E-state index in [9.17, 15) is 14.4 Å². The number of para-hydroxylation sites is 2. The number of thioether (sulfide) groups is 1. The van der Waals surface area contributed by atoms with Crippen LogP contribution in [0.1, 0.15) is 5.56 Å². The Morgan fingerprint density at radius 1 is 0.944 bits per heavy atom. The molecule has 3 aromatic carbocycles. The van der Waals surface area contributed by atoms with E-state index in [2.05, 4.69) is 5.32 Å². The minimum absolute atomic E-state index is 0.0942. The number of nitrogens with zero attached hydrogens (tertiary/aromatic N) is 1. The predicted molar refractivity (Wildman–Crippen MR) is 142 cm³/mol. The quantitative estimate of drug-likeness (QED) is 0.327. The molecule has 10 heteroatoms. The van der Waals surface area contributed by atoms with Gasteiger partial charge in [-0.1, -0.05) is 59.6 Å². The van der Waals surface area contributed by atoms with Crippen molar-refractivity contribution < 1.29 is 23.9 Å². The van der Waals surface area contributed by atoms with Gasteiger partial charge in [0.15, 0.2) is 6.61 Å². The molecule has 0 aromatic heterocycles. The van der Waals surface area contributed by atoms with E-state index in [-0.39, 0.29) is 35.8 Å². The third kappa shape index (κ3) is 6.60. The lowest BCUT2D eigenvalue weighted by Gasteiger charge is -2.13. The molecular weight excluding hydrogens is 523 g/mol. The Kier molecular flexibility index (Phi) is 8.53. The zero-order valence-corrected chi connectivity index (χ0v) is 21.1. The number of hydrogen-bond donors (Lipinski definition) is 1. The molecule has 3 aromatic rings. The second-order valence-corrected chi connectivity index (χ2v) is 9.31. The van der Waals surface area contributed by atoms with Gasteiger partial charge in [-0.3, -0.25) is 19.3 Å². The second kappa shape index (κ2) is 12.0. The Labute approximate surface area is 222 Å². The van der Waals surface area contributed by atoms with E-state index in [1.807, 2.05) is 0 Å². The normalized spacial score (nSPS) is 14.3. The number of carbonyl (C=O) groups is 3. The lowest BCUT2D eigenvalue weighted by Crippen LogP contribution is -2.32. The van der Waals surface area contributed by atoms with Crippen molar-refractivity contribution in [3.63, 3.8) is 0 Å². The van der Waals surface area contributed by atoms with Crippen LogP contribution in [-0.2, 0) is 9.59 Å². The van der Waals surface area contributed by atoms with Crippen LogP contribution in [0.2, 0.25) is 10.0 Å². The van der Waals surface area contributed by atoms with Gasteiger partial charge in [0.1, 0.15) is 18.1 Å². The number of imide groups is 1. The van der Waals surface area contributed by atoms with Crippen molar-refractivity contribution in [2.75, 3.05) is 25.1 Å². The van der Waals surface area contributed by atoms with Crippen molar-refractivity contribution in [2.24, 2.45) is 0 Å². The van der Waals surface area contributed by atoms with Gasteiger partial charge in [0.2, 0.25) is 0 Å². The van der Waals surface area contributed by atoms with Gasteiger partial charge in [0, 0.05) is 0 Å². The number of halogens is 2. The Balaban J connectivity index is 1.33. The van der Waals surface area contributed by atoms with Crippen LogP contribution in [0.15, 0.2) is 77.7 Å². The van der Waals surface area contributed by atoms with Gasteiger partial charge in [0.05, 0.1) is 27.2 Å². The number of amides is 3. The van der Waals surface area contributed by atoms with Crippen LogP contribution in [0.4, 0.5) is 10.5 Å². The number of nitrogens with one attached hydrogen (secondary N) is 1. The molecule has 0 bridgehead atoms. The number of carbonyl (C=O) groups excluding carboxylic acids is 3. The van der Waals surface area contributed by atoms with Gasteiger partial charge in [-0.05, 0) is 59.8 Å². The van der Waals surface area contributed by atoms with E-state index in [0.717, 1.165) is 16.7 Å². The van der Waals surface area contributed by atoms with Crippen molar-refractivity contribution in [1.29, 1.82) is 0 Å². The monoisotopic (exact) mass is 542 g/mol. The molecule has 7 nitrogen and oxygen atoms in total. The fraction of sp³-hybridized carbons (Fsp3) is 0.115. The highest BCUT2D eigenvalue weighted by Gasteiger charge is 2.34. The van der Waals surface area contributed by atoms with Crippen LogP contribution in [0.3, 0.4) is 0 Å². The van der Waals surface area contributed by atoms with Crippen molar-refractivity contribution in [3.05, 3.63) is 93.3 Å². The minimum atomic E-state index is -0.404. The van der Waals surface area contributed by atoms with Gasteiger partial charge in [-0.15, -0.1) is 0 Å². The van der Waals surface area contributed by atoms with E-state index in [1.165, 1.54) is 0 Å². The maximum Gasteiger partial charge on any atom is 0.293 e. The zero-order valence-electron chi connectivity index (χ0n) is 18.8. The molecule has 1 aliphatic rings. The second-order valence-electron chi connectivity index (χ2n) is 7.50. The average Bonchev–Trinajstić information content (AvgIpc) is 3.13. The smallest absolute Gasteiger partial charge is 0.293 e. The highest BCUT2D eigenvalue weighted by molar-refractivity contribution is 8.18. The standard InChI is InChI=1S/C26H20Cl2N2O5S/c27-19-8-1-3-10-21(19)29-24(31)16-35-18-7-5-6-17(14-18)15-23-25(32)30(26(33)36-23)12-13-34-22-11-4-2-9-20(22)28/h1-11,14-15H,12-13,16H2,(H,29,31)/b23-15-. The van der Waals surface area contributed by atoms with E-state index >= 15 is 0 Å². The van der Waals surface area contributed by atoms with Gasteiger partial charge >= 0.3 is 0 Å². The van der Waals surface area contributed by atoms with Crippen LogP contribution in [0.5, 0.6) is 11.5 Å². The lowest BCUT2D eigenvalue weighted by molar-refractivity contribution is -0.123. The highest BCUT2D eigenvalue weighted by atomic mass is 35.5. The summed E-state index contributed by atoms with van der Waals surface area (Å²) in [6, 6.07) is 20.7. The first-order valence-electron chi connectivity index (χ1n) is 10.8. The van der Waals surface area contributed by atoms with Crippen LogP contribution < -0.4 is 14.8 Å². The predicted octanol–water partition coefficient (Wildman–Crippen LogP) is 6.13. The molecule has 0 spiro atoms. The molecule has 0 saturated carbocycles. The Morgan fingerprint density at radius 3 is 2.47 bits per heavy atom. The summed E-state index contributed by atoms with van der Waals surface area (Å²) >= 11 is 13.0. The molecule has 1 heterocycles. The molecule has 36 heavy (non-hydrogen) atoms. The third-order valence-electron chi connectivity index (χ3n) is 4.96. The molecule has 0 atom stereocenters. The van der Waals surface area contributed by atoms with Crippen LogP contribution in [0, 0.1) is 0 Å². The van der Waals surface area contributed by atoms with E-state index in [0.29, 0.717) is 32.8 Å². The maximum atomic E-state index is 12.8. The van der Waals surface area contributed by atoms with Crippen LogP contribution >= 0.6 is 35.0 Å². The Hall–Kier alpha value is -3.46. The van der Waals surface area contributed by atoms with Crippen molar-refractivity contribution in [3.8, 4) is 11.5 Å². The Bertz CT molecular complexity index is 1330. The van der Waals surface area contributed by atoms with Crippen LogP contribution in [-0.4, -0.2) is 41.7 Å². The first-order valence-corrected chi connectivity index (χ1v) is 12.4. The highest BCUT2D eigenvalue weighted by Crippen LogP contribution is 2.33. The SMILES string of the molecule is O=C(COc1cccc(/C=C2\SC(=O)N(CCOc3ccccc3Cl)C2=O)c1)Nc1ccccc1Cl. The minimum Gasteiger partial charge on any atom is -0.490 e. The van der Waals surface area contributed by atoms with Gasteiger partial charge in [0.25, 0.3) is 17.1 Å². The van der Waals surface area contributed by atoms with E-state index in [4.69, 9.17) is 32.7 Å². The fourth-order valence-electron chi connectivity index (χ4n) is 3.24. The molecule has 184 valence electrons. The summed E-state index contributed by atoms with van der Waals surface area (Å²) in [4.78, 5) is 38.8.